The van der Waals surface area contributed by atoms with Crippen molar-refractivity contribution in [2.45, 2.75) is 12.8 Å². The first-order valence-electron chi connectivity index (χ1n) is 5.37. The number of benzene rings is 1. The summed E-state index contributed by atoms with van der Waals surface area (Å²) in [7, 11) is 1.42. The fraction of sp³-hybridized carbons (Fsp3) is 0.308. The van der Waals surface area contributed by atoms with Crippen molar-refractivity contribution < 1.29 is 13.9 Å². The summed E-state index contributed by atoms with van der Waals surface area (Å²) in [5.74, 6) is -0.262. The Balaban J connectivity index is 2.49. The fourth-order valence-corrected chi connectivity index (χ4v) is 1.40. The van der Waals surface area contributed by atoms with Gasteiger partial charge in [-0.15, -0.1) is 6.58 Å². The van der Waals surface area contributed by atoms with E-state index in [0.29, 0.717) is 19.4 Å². The number of aryl methyl sites for hydroxylation is 1. The van der Waals surface area contributed by atoms with Crippen molar-refractivity contribution in [3.8, 4) is 5.75 Å². The van der Waals surface area contributed by atoms with Crippen molar-refractivity contribution in [1.82, 2.24) is 5.32 Å². The molecule has 1 N–H and O–H groups in total. The second-order valence-corrected chi connectivity index (χ2v) is 3.56. The molecule has 0 radical (unpaired) electrons. The van der Waals surface area contributed by atoms with Gasteiger partial charge in [0.25, 0.3) is 0 Å². The van der Waals surface area contributed by atoms with Gasteiger partial charge >= 0.3 is 0 Å². The Kier molecular flexibility index (Phi) is 5.20. The fourth-order valence-electron chi connectivity index (χ4n) is 1.40. The molecule has 0 aliphatic rings. The third-order valence-electron chi connectivity index (χ3n) is 2.30. The molecule has 0 aromatic heterocycles. The zero-order valence-corrected chi connectivity index (χ0v) is 9.83. The average Bonchev–Trinajstić information content (AvgIpc) is 2.34. The lowest BCUT2D eigenvalue weighted by atomic mass is 10.1. The molecular formula is C13H16FNO2. The first-order valence-corrected chi connectivity index (χ1v) is 5.37. The third-order valence-corrected chi connectivity index (χ3v) is 2.30. The predicted molar refractivity (Wildman–Crippen MR) is 64.5 cm³/mol. The van der Waals surface area contributed by atoms with E-state index in [4.69, 9.17) is 4.74 Å². The summed E-state index contributed by atoms with van der Waals surface area (Å²) in [5.41, 5.74) is 0.775. The van der Waals surface area contributed by atoms with E-state index in [0.717, 1.165) is 5.56 Å². The molecule has 1 amide bonds. The molecule has 0 aliphatic heterocycles. The molecule has 1 rings (SSSR count). The van der Waals surface area contributed by atoms with Crippen LogP contribution in [0.5, 0.6) is 5.75 Å². The Morgan fingerprint density at radius 1 is 1.59 bits per heavy atom. The summed E-state index contributed by atoms with van der Waals surface area (Å²) >= 11 is 0. The van der Waals surface area contributed by atoms with E-state index in [-0.39, 0.29) is 11.7 Å². The normalized spacial score (nSPS) is 9.76. The van der Waals surface area contributed by atoms with E-state index in [1.807, 2.05) is 0 Å². The van der Waals surface area contributed by atoms with E-state index in [9.17, 15) is 9.18 Å². The van der Waals surface area contributed by atoms with Gasteiger partial charge in [0.15, 0.2) is 11.6 Å². The smallest absolute Gasteiger partial charge is 0.220 e. The number of halogens is 1. The van der Waals surface area contributed by atoms with Gasteiger partial charge in [-0.25, -0.2) is 4.39 Å². The van der Waals surface area contributed by atoms with Gasteiger partial charge in [-0.05, 0) is 24.1 Å². The minimum absolute atomic E-state index is 0.0684. The zero-order chi connectivity index (χ0) is 12.7. The summed E-state index contributed by atoms with van der Waals surface area (Å²) in [6.07, 6.45) is 2.45. The molecule has 0 fully saturated rings. The quantitative estimate of drug-likeness (QED) is 0.769. The van der Waals surface area contributed by atoms with E-state index in [2.05, 4.69) is 11.9 Å². The van der Waals surface area contributed by atoms with Crippen molar-refractivity contribution in [3.05, 3.63) is 42.2 Å². The first kappa shape index (κ1) is 13.2. The molecule has 0 bridgehead atoms. The molecule has 0 saturated heterocycles. The second kappa shape index (κ2) is 6.68. The molecule has 0 unspecified atom stereocenters. The minimum Gasteiger partial charge on any atom is -0.494 e. The van der Waals surface area contributed by atoms with Crippen LogP contribution in [0.1, 0.15) is 12.0 Å². The van der Waals surface area contributed by atoms with Gasteiger partial charge in [-0.2, -0.15) is 0 Å². The van der Waals surface area contributed by atoms with Crippen LogP contribution in [0.4, 0.5) is 4.39 Å². The number of nitrogens with one attached hydrogen (secondary N) is 1. The molecule has 1 aromatic carbocycles. The molecule has 0 aliphatic carbocycles. The van der Waals surface area contributed by atoms with Gasteiger partial charge in [0.2, 0.25) is 5.91 Å². The number of carbonyl (C=O) groups excluding carboxylic acids is 1. The Morgan fingerprint density at radius 3 is 2.94 bits per heavy atom. The van der Waals surface area contributed by atoms with Crippen LogP contribution in [0, 0.1) is 5.82 Å². The SMILES string of the molecule is C=CCNC(=O)CCc1ccc(OC)c(F)c1. The van der Waals surface area contributed by atoms with Crippen molar-refractivity contribution in [1.29, 1.82) is 0 Å². The number of rotatable bonds is 6. The molecule has 4 heteroatoms. The van der Waals surface area contributed by atoms with E-state index < -0.39 is 5.82 Å². The summed E-state index contributed by atoms with van der Waals surface area (Å²) in [4.78, 5) is 11.3. The average molecular weight is 237 g/mol. The van der Waals surface area contributed by atoms with Crippen molar-refractivity contribution in [3.63, 3.8) is 0 Å². The van der Waals surface area contributed by atoms with Crippen LogP contribution in [0.2, 0.25) is 0 Å². The van der Waals surface area contributed by atoms with Crippen molar-refractivity contribution in [2.24, 2.45) is 0 Å². The first-order chi connectivity index (χ1) is 8.17. The van der Waals surface area contributed by atoms with Gasteiger partial charge in [-0.3, -0.25) is 4.79 Å². The molecule has 3 nitrogen and oxygen atoms in total. The van der Waals surface area contributed by atoms with Crippen molar-refractivity contribution >= 4 is 5.91 Å². The number of ether oxygens (including phenoxy) is 1. The molecule has 92 valence electrons. The molecule has 0 atom stereocenters. The lowest BCUT2D eigenvalue weighted by Crippen LogP contribution is -2.23. The van der Waals surface area contributed by atoms with Gasteiger partial charge in [-0.1, -0.05) is 12.1 Å². The van der Waals surface area contributed by atoms with Gasteiger partial charge < -0.3 is 10.1 Å². The van der Waals surface area contributed by atoms with Crippen LogP contribution >= 0.6 is 0 Å². The maximum atomic E-state index is 13.3. The van der Waals surface area contributed by atoms with Crippen LogP contribution < -0.4 is 10.1 Å². The number of hydrogen-bond acceptors (Lipinski definition) is 2. The Bertz CT molecular complexity index is 404. The lowest BCUT2D eigenvalue weighted by molar-refractivity contribution is -0.120. The molecule has 0 heterocycles. The Morgan fingerprint density at radius 2 is 2.35 bits per heavy atom. The zero-order valence-electron chi connectivity index (χ0n) is 9.83. The second-order valence-electron chi connectivity index (χ2n) is 3.56. The highest BCUT2D eigenvalue weighted by Gasteiger charge is 2.05. The summed E-state index contributed by atoms with van der Waals surface area (Å²) < 4.78 is 18.2. The predicted octanol–water partition coefficient (Wildman–Crippen LogP) is 2.07. The highest BCUT2D eigenvalue weighted by molar-refractivity contribution is 5.76. The van der Waals surface area contributed by atoms with E-state index >= 15 is 0 Å². The highest BCUT2D eigenvalue weighted by Crippen LogP contribution is 2.18. The topological polar surface area (TPSA) is 38.3 Å². The van der Waals surface area contributed by atoms with Crippen LogP contribution in [-0.2, 0) is 11.2 Å². The molecular weight excluding hydrogens is 221 g/mol. The Hall–Kier alpha value is -1.84. The van der Waals surface area contributed by atoms with Gasteiger partial charge in [0.1, 0.15) is 0 Å². The summed E-state index contributed by atoms with van der Waals surface area (Å²) in [6, 6.07) is 4.70. The van der Waals surface area contributed by atoms with Crippen LogP contribution in [0.25, 0.3) is 0 Å². The van der Waals surface area contributed by atoms with Gasteiger partial charge in [0.05, 0.1) is 7.11 Å². The minimum atomic E-state index is -0.406. The van der Waals surface area contributed by atoms with E-state index in [1.54, 1.807) is 18.2 Å². The summed E-state index contributed by atoms with van der Waals surface area (Å²) in [5, 5.41) is 2.66. The number of hydrogen-bond donors (Lipinski definition) is 1. The van der Waals surface area contributed by atoms with Crippen LogP contribution in [0.3, 0.4) is 0 Å². The Labute approximate surface area is 100 Å². The number of amides is 1. The maximum absolute atomic E-state index is 13.3. The molecule has 1 aromatic rings. The molecule has 0 spiro atoms. The van der Waals surface area contributed by atoms with Crippen molar-refractivity contribution in [2.75, 3.05) is 13.7 Å². The molecule has 17 heavy (non-hydrogen) atoms. The number of carbonyl (C=O) groups is 1. The standard InChI is InChI=1S/C13H16FNO2/c1-3-8-15-13(16)7-5-10-4-6-12(17-2)11(14)9-10/h3-4,6,9H,1,5,7-8H2,2H3,(H,15,16). The maximum Gasteiger partial charge on any atom is 0.220 e. The lowest BCUT2D eigenvalue weighted by Gasteiger charge is -2.05. The third kappa shape index (κ3) is 4.26. The highest BCUT2D eigenvalue weighted by atomic mass is 19.1. The monoisotopic (exact) mass is 237 g/mol. The van der Waals surface area contributed by atoms with E-state index in [1.165, 1.54) is 13.2 Å². The van der Waals surface area contributed by atoms with Crippen LogP contribution in [-0.4, -0.2) is 19.6 Å². The summed E-state index contributed by atoms with van der Waals surface area (Å²) in [6.45, 7) is 3.96. The van der Waals surface area contributed by atoms with Crippen LogP contribution in [0.15, 0.2) is 30.9 Å². The number of methoxy groups -OCH3 is 1. The molecule has 0 saturated carbocycles. The van der Waals surface area contributed by atoms with Gasteiger partial charge in [0, 0.05) is 13.0 Å². The largest absolute Gasteiger partial charge is 0.494 e.